The van der Waals surface area contributed by atoms with Gasteiger partial charge in [0.05, 0.1) is 21.8 Å². The van der Waals surface area contributed by atoms with Crippen LogP contribution in [0.2, 0.25) is 5.02 Å². The van der Waals surface area contributed by atoms with Crippen LogP contribution in [-0.2, 0) is 6.18 Å². The molecule has 2 unspecified atom stereocenters. The topological polar surface area (TPSA) is 80.4 Å². The summed E-state index contributed by atoms with van der Waals surface area (Å²) in [6, 6.07) is 1.45. The van der Waals surface area contributed by atoms with Crippen molar-refractivity contribution in [1.82, 2.24) is 19.9 Å². The number of fused-ring (bicyclic) bond motifs is 2. The Kier molecular flexibility index (Phi) is 7.37. The summed E-state index contributed by atoms with van der Waals surface area (Å²) in [5.74, 6) is -3.27. The van der Waals surface area contributed by atoms with E-state index in [1.807, 2.05) is 22.0 Å². The number of rotatable bonds is 5. The lowest BCUT2D eigenvalue weighted by Gasteiger charge is -2.31. The molecule has 0 bridgehead atoms. The van der Waals surface area contributed by atoms with E-state index in [4.69, 9.17) is 22.1 Å². The zero-order valence-corrected chi connectivity index (χ0v) is 23.1. The van der Waals surface area contributed by atoms with Gasteiger partial charge in [-0.3, -0.25) is 4.90 Å². The lowest BCUT2D eigenvalue weighted by atomic mass is 9.95. The van der Waals surface area contributed by atoms with E-state index in [1.165, 1.54) is 6.07 Å². The normalized spacial score (nSPS) is 23.0. The molecule has 2 N–H and O–H groups in total. The number of pyridine rings is 1. The second kappa shape index (κ2) is 10.7. The molecule has 42 heavy (non-hydrogen) atoms. The Balaban J connectivity index is 1.51. The van der Waals surface area contributed by atoms with Crippen LogP contribution in [-0.4, -0.2) is 64.3 Å². The van der Waals surface area contributed by atoms with Crippen molar-refractivity contribution in [3.8, 4) is 17.3 Å². The van der Waals surface area contributed by atoms with Crippen LogP contribution in [0.25, 0.3) is 22.2 Å². The van der Waals surface area contributed by atoms with Gasteiger partial charge in [-0.05, 0) is 38.3 Å². The molecule has 0 amide bonds. The predicted molar refractivity (Wildman–Crippen MR) is 146 cm³/mol. The molecule has 0 saturated carbocycles. The minimum atomic E-state index is -5.23. The number of halogens is 7. The third-order valence-electron chi connectivity index (χ3n) is 8.18. The number of ether oxygens (including phenoxy) is 1. The highest BCUT2D eigenvalue weighted by atomic mass is 35.5. The van der Waals surface area contributed by atoms with Gasteiger partial charge in [0.2, 0.25) is 0 Å². The Bertz CT molecular complexity index is 1560. The van der Waals surface area contributed by atoms with Crippen molar-refractivity contribution in [2.24, 2.45) is 0 Å². The van der Waals surface area contributed by atoms with Crippen LogP contribution >= 0.6 is 11.6 Å². The van der Waals surface area contributed by atoms with Gasteiger partial charge < -0.3 is 15.4 Å². The lowest BCUT2D eigenvalue weighted by Crippen LogP contribution is -2.43. The number of benzene rings is 1. The molecule has 2 saturated heterocycles. The third-order valence-corrected chi connectivity index (χ3v) is 8.48. The van der Waals surface area contributed by atoms with Crippen molar-refractivity contribution < 1.29 is 31.1 Å². The number of nitrogens with two attached hydrogens (primary N) is 1. The molecule has 6 rings (SSSR count). The highest BCUT2D eigenvalue weighted by molar-refractivity contribution is 6.34. The molecule has 2 fully saturated rings. The number of aromatic nitrogens is 3. The van der Waals surface area contributed by atoms with Crippen LogP contribution < -0.4 is 15.4 Å². The van der Waals surface area contributed by atoms with Crippen molar-refractivity contribution in [2.45, 2.75) is 50.0 Å². The summed E-state index contributed by atoms with van der Waals surface area (Å²) in [7, 11) is 0. The molecular formula is C28H27ClF6N6O. The molecular weight excluding hydrogens is 586 g/mol. The Labute approximate surface area is 242 Å². The maximum Gasteiger partial charge on any atom is 0.421 e. The maximum absolute atomic E-state index is 16.4. The molecule has 3 aliphatic rings. The molecule has 1 aromatic carbocycles. The Morgan fingerprint density at radius 1 is 1.07 bits per heavy atom. The SMILES string of the molecule is Nc1cc(F)c(C(F)(F)F)c(-c2c(Cl)cc3c(N4CCC=CCC4)nc(OCC45CCCN4CC(F)C5)nc3c2F)n1. The van der Waals surface area contributed by atoms with E-state index in [0.717, 1.165) is 13.0 Å². The van der Waals surface area contributed by atoms with E-state index >= 15 is 4.39 Å². The van der Waals surface area contributed by atoms with Gasteiger partial charge in [0.1, 0.15) is 41.3 Å². The molecule has 14 heteroatoms. The summed E-state index contributed by atoms with van der Waals surface area (Å²) in [5.41, 5.74) is 0.950. The number of nitrogen functional groups attached to an aromatic ring is 1. The van der Waals surface area contributed by atoms with Crippen molar-refractivity contribution in [3.05, 3.63) is 46.5 Å². The molecule has 5 heterocycles. The van der Waals surface area contributed by atoms with E-state index in [0.29, 0.717) is 45.0 Å². The number of hydrogen-bond donors (Lipinski definition) is 1. The molecule has 0 aliphatic carbocycles. The summed E-state index contributed by atoms with van der Waals surface area (Å²) in [4.78, 5) is 16.4. The highest BCUT2D eigenvalue weighted by Crippen LogP contribution is 2.45. The minimum Gasteiger partial charge on any atom is -0.461 e. The van der Waals surface area contributed by atoms with E-state index < -0.39 is 57.2 Å². The zero-order chi connectivity index (χ0) is 29.8. The van der Waals surface area contributed by atoms with Crippen LogP contribution in [0.1, 0.15) is 37.7 Å². The summed E-state index contributed by atoms with van der Waals surface area (Å²) in [5, 5.41) is -0.311. The molecule has 2 atom stereocenters. The quantitative estimate of drug-likeness (QED) is 0.266. The first kappa shape index (κ1) is 28.8. The molecule has 0 radical (unpaired) electrons. The van der Waals surface area contributed by atoms with Crippen LogP contribution in [0.5, 0.6) is 6.01 Å². The zero-order valence-electron chi connectivity index (χ0n) is 22.3. The van der Waals surface area contributed by atoms with Gasteiger partial charge in [0.25, 0.3) is 0 Å². The van der Waals surface area contributed by atoms with Crippen molar-refractivity contribution >= 4 is 34.1 Å². The van der Waals surface area contributed by atoms with E-state index in [9.17, 15) is 22.0 Å². The summed E-state index contributed by atoms with van der Waals surface area (Å²) in [6.07, 6.45) is 1.01. The first-order valence-electron chi connectivity index (χ1n) is 13.6. The second-order valence-corrected chi connectivity index (χ2v) is 11.3. The Morgan fingerprint density at radius 2 is 1.81 bits per heavy atom. The predicted octanol–water partition coefficient (Wildman–Crippen LogP) is 6.34. The summed E-state index contributed by atoms with van der Waals surface area (Å²) < 4.78 is 93.0. The first-order chi connectivity index (χ1) is 20.0. The van der Waals surface area contributed by atoms with Gasteiger partial charge >= 0.3 is 12.2 Å². The average Bonchev–Trinajstić information content (AvgIpc) is 3.28. The van der Waals surface area contributed by atoms with Crippen molar-refractivity contribution in [2.75, 3.05) is 43.4 Å². The average molecular weight is 613 g/mol. The molecule has 7 nitrogen and oxygen atoms in total. The fraction of sp³-hybridized carbons (Fsp3) is 0.464. The van der Waals surface area contributed by atoms with Crippen molar-refractivity contribution in [1.29, 1.82) is 0 Å². The van der Waals surface area contributed by atoms with E-state index in [1.54, 1.807) is 0 Å². The van der Waals surface area contributed by atoms with Gasteiger partial charge in [-0.25, -0.2) is 18.2 Å². The highest BCUT2D eigenvalue weighted by Gasteiger charge is 2.49. The number of nitrogens with zero attached hydrogens (tertiary/aromatic N) is 5. The van der Waals surface area contributed by atoms with Gasteiger partial charge in [0, 0.05) is 37.5 Å². The third kappa shape index (κ3) is 5.10. The van der Waals surface area contributed by atoms with Gasteiger partial charge in [0.15, 0.2) is 5.82 Å². The van der Waals surface area contributed by atoms with Crippen LogP contribution in [0.3, 0.4) is 0 Å². The largest absolute Gasteiger partial charge is 0.461 e. The standard InChI is InChI=1S/C28H27ClF6N6O/c29-17-10-16-23(22(32)20(17)24-21(28(33,34)35)18(31)11-19(36)37-24)38-26(39-25(16)40-7-3-1-2-4-8-40)42-14-27-6-5-9-41(27)13-15(30)12-27/h1-2,10-11,15H,3-9,12-14H2,(H2,36,37). The molecule has 3 aromatic rings. The lowest BCUT2D eigenvalue weighted by molar-refractivity contribution is -0.139. The number of hydrogen-bond acceptors (Lipinski definition) is 7. The van der Waals surface area contributed by atoms with Crippen LogP contribution in [0.4, 0.5) is 38.0 Å². The molecule has 224 valence electrons. The van der Waals surface area contributed by atoms with Gasteiger partial charge in [-0.15, -0.1) is 0 Å². The van der Waals surface area contributed by atoms with Gasteiger partial charge in [-0.1, -0.05) is 23.8 Å². The second-order valence-electron chi connectivity index (χ2n) is 10.9. The molecule has 0 spiro atoms. The fourth-order valence-electron chi connectivity index (χ4n) is 6.33. The van der Waals surface area contributed by atoms with Crippen molar-refractivity contribution in [3.63, 3.8) is 0 Å². The van der Waals surface area contributed by atoms with Crippen LogP contribution in [0, 0.1) is 11.6 Å². The van der Waals surface area contributed by atoms with E-state index in [-0.39, 0.29) is 35.8 Å². The minimum absolute atomic E-state index is 0.0577. The summed E-state index contributed by atoms with van der Waals surface area (Å²) in [6.45, 7) is 2.13. The fourth-order valence-corrected chi connectivity index (χ4v) is 6.61. The monoisotopic (exact) mass is 612 g/mol. The Morgan fingerprint density at radius 3 is 2.52 bits per heavy atom. The number of alkyl halides is 4. The summed E-state index contributed by atoms with van der Waals surface area (Å²) >= 11 is 6.40. The maximum atomic E-state index is 16.4. The van der Waals surface area contributed by atoms with Crippen LogP contribution in [0.15, 0.2) is 24.3 Å². The smallest absolute Gasteiger partial charge is 0.421 e. The van der Waals surface area contributed by atoms with Gasteiger partial charge in [-0.2, -0.15) is 23.1 Å². The number of anilines is 2. The van der Waals surface area contributed by atoms with E-state index in [2.05, 4.69) is 15.0 Å². The Hall–Kier alpha value is -3.32. The first-order valence-corrected chi connectivity index (χ1v) is 14.0. The molecule has 3 aliphatic heterocycles. The molecule has 2 aromatic heterocycles.